The van der Waals surface area contributed by atoms with E-state index in [1.165, 1.54) is 87.6 Å². The van der Waals surface area contributed by atoms with Crippen LogP contribution in [-0.2, 0) is 5.41 Å². The van der Waals surface area contributed by atoms with Gasteiger partial charge in [-0.2, -0.15) is 0 Å². The smallest absolute Gasteiger partial charge is 0.0462 e. The average Bonchev–Trinajstić information content (AvgIpc) is 3.57. The summed E-state index contributed by atoms with van der Waals surface area (Å²) in [6.07, 6.45) is 2.45. The molecule has 0 bridgehead atoms. The molecule has 58 heavy (non-hydrogen) atoms. The maximum absolute atomic E-state index is 2.45. The van der Waals surface area contributed by atoms with Crippen LogP contribution in [0.2, 0.25) is 0 Å². The zero-order valence-corrected chi connectivity index (χ0v) is 32.7. The molecule has 0 heterocycles. The van der Waals surface area contributed by atoms with Gasteiger partial charge in [-0.1, -0.05) is 172 Å². The summed E-state index contributed by atoms with van der Waals surface area (Å²) in [6.45, 7) is 4.78. The minimum Gasteiger partial charge on any atom is -0.311 e. The molecule has 11 rings (SSSR count). The Morgan fingerprint density at radius 3 is 1.21 bits per heavy atom. The van der Waals surface area contributed by atoms with Gasteiger partial charge < -0.3 is 4.90 Å². The van der Waals surface area contributed by atoms with E-state index in [2.05, 4.69) is 231 Å². The monoisotopic (exact) mass is 739 g/mol. The lowest BCUT2D eigenvalue weighted by atomic mass is 9.76. The van der Waals surface area contributed by atoms with Gasteiger partial charge in [-0.3, -0.25) is 0 Å². The number of hydrogen-bond donors (Lipinski definition) is 0. The zero-order chi connectivity index (χ0) is 38.8. The van der Waals surface area contributed by atoms with E-state index in [1.54, 1.807) is 0 Å². The molecule has 10 aromatic carbocycles. The van der Waals surface area contributed by atoms with Crippen LogP contribution in [0.3, 0.4) is 0 Å². The van der Waals surface area contributed by atoms with Gasteiger partial charge in [0.1, 0.15) is 0 Å². The number of nitrogens with zero attached hydrogens (tertiary/aromatic N) is 1. The van der Waals surface area contributed by atoms with Crippen molar-refractivity contribution in [1.82, 2.24) is 0 Å². The normalized spacial score (nSPS) is 13.2. The zero-order valence-electron chi connectivity index (χ0n) is 32.7. The fourth-order valence-corrected chi connectivity index (χ4v) is 9.48. The minimum absolute atomic E-state index is 0.169. The van der Waals surface area contributed by atoms with Crippen LogP contribution in [0.25, 0.3) is 77.0 Å². The highest BCUT2D eigenvalue weighted by Gasteiger charge is 2.36. The SMILES string of the molecule is CC1(C)C(c2ccc(N(c3ccc(-c4ccc5ccccc5c4)cc3)c3ccc(-c4ccc5ccccc5c4)cc3)cc2)=Cc2c1c1ccccc1c1ccccc21. The van der Waals surface area contributed by atoms with Crippen molar-refractivity contribution in [1.29, 1.82) is 0 Å². The maximum atomic E-state index is 2.45. The summed E-state index contributed by atoms with van der Waals surface area (Å²) in [5.74, 6) is 0. The van der Waals surface area contributed by atoms with Gasteiger partial charge >= 0.3 is 0 Å². The van der Waals surface area contributed by atoms with Gasteiger partial charge in [-0.15, -0.1) is 0 Å². The number of benzene rings is 10. The highest BCUT2D eigenvalue weighted by atomic mass is 15.1. The summed E-state index contributed by atoms with van der Waals surface area (Å²) in [5.41, 5.74) is 13.4. The van der Waals surface area contributed by atoms with E-state index in [4.69, 9.17) is 0 Å². The van der Waals surface area contributed by atoms with Crippen LogP contribution >= 0.6 is 0 Å². The Labute approximate surface area is 339 Å². The highest BCUT2D eigenvalue weighted by Crippen LogP contribution is 2.52. The standard InChI is InChI=1S/C57H41N/c1-57(2)55(37-54-52-17-8-7-15-50(52)51-16-9-10-18-53(51)56(54)57)42-27-33-49(34-28-42)58(47-29-23-40(24-30-47)45-21-19-38-11-3-5-13-43(38)35-45)48-31-25-41(26-32-48)46-22-20-39-12-4-6-14-44(39)36-46/h3-37H,1-2H3. The number of rotatable bonds is 6. The first kappa shape index (κ1) is 34.1. The summed E-state index contributed by atoms with van der Waals surface area (Å²) in [5, 5.41) is 10.3. The van der Waals surface area contributed by atoms with E-state index in [-0.39, 0.29) is 5.41 Å². The van der Waals surface area contributed by atoms with Crippen LogP contribution in [-0.4, -0.2) is 0 Å². The van der Waals surface area contributed by atoms with Crippen molar-refractivity contribution < 1.29 is 0 Å². The van der Waals surface area contributed by atoms with Crippen molar-refractivity contribution in [2.75, 3.05) is 4.90 Å². The van der Waals surface area contributed by atoms with Gasteiger partial charge in [0.2, 0.25) is 0 Å². The van der Waals surface area contributed by atoms with E-state index in [0.717, 1.165) is 17.1 Å². The quantitative estimate of drug-likeness (QED) is 0.154. The molecule has 0 atom stereocenters. The molecule has 0 saturated carbocycles. The Morgan fingerprint density at radius 2 is 0.707 bits per heavy atom. The van der Waals surface area contributed by atoms with Gasteiger partial charge in [0.15, 0.2) is 0 Å². The van der Waals surface area contributed by atoms with Crippen LogP contribution < -0.4 is 4.90 Å². The molecular weight excluding hydrogens is 699 g/mol. The molecule has 10 aromatic rings. The third-order valence-electron chi connectivity index (χ3n) is 12.4. The van der Waals surface area contributed by atoms with E-state index in [9.17, 15) is 0 Å². The molecular formula is C57H41N. The van der Waals surface area contributed by atoms with E-state index >= 15 is 0 Å². The second-order valence-electron chi connectivity index (χ2n) is 16.2. The van der Waals surface area contributed by atoms with Crippen LogP contribution in [0.15, 0.2) is 206 Å². The van der Waals surface area contributed by atoms with Crippen LogP contribution in [0, 0.1) is 0 Å². The second kappa shape index (κ2) is 13.5. The Morgan fingerprint density at radius 1 is 0.328 bits per heavy atom. The number of fused-ring (bicyclic) bond motifs is 8. The summed E-state index contributed by atoms with van der Waals surface area (Å²) in [4.78, 5) is 2.38. The summed E-state index contributed by atoms with van der Waals surface area (Å²) in [6, 6.07) is 75.6. The molecule has 274 valence electrons. The fourth-order valence-electron chi connectivity index (χ4n) is 9.48. The number of hydrogen-bond acceptors (Lipinski definition) is 1. The van der Waals surface area contributed by atoms with Crippen molar-refractivity contribution in [3.63, 3.8) is 0 Å². The molecule has 0 spiro atoms. The minimum atomic E-state index is -0.169. The molecule has 0 aromatic heterocycles. The molecule has 0 unspecified atom stereocenters. The second-order valence-corrected chi connectivity index (χ2v) is 16.2. The molecule has 1 heteroatoms. The highest BCUT2D eigenvalue weighted by molar-refractivity contribution is 6.17. The van der Waals surface area contributed by atoms with Gasteiger partial charge in [-0.25, -0.2) is 0 Å². The lowest BCUT2D eigenvalue weighted by Gasteiger charge is -2.28. The third kappa shape index (κ3) is 5.62. The first-order valence-corrected chi connectivity index (χ1v) is 20.2. The topological polar surface area (TPSA) is 3.24 Å². The number of anilines is 3. The molecule has 0 fully saturated rings. The molecule has 0 radical (unpaired) electrons. The van der Waals surface area contributed by atoms with E-state index in [1.807, 2.05) is 0 Å². The maximum Gasteiger partial charge on any atom is 0.0462 e. The van der Waals surface area contributed by atoms with Gasteiger partial charge in [0.05, 0.1) is 0 Å². The Kier molecular flexibility index (Phi) is 7.91. The summed E-state index contributed by atoms with van der Waals surface area (Å²) in [7, 11) is 0. The van der Waals surface area contributed by atoms with Crippen molar-refractivity contribution >= 4 is 71.8 Å². The molecule has 0 N–H and O–H groups in total. The lowest BCUT2D eigenvalue weighted by Crippen LogP contribution is -2.17. The predicted molar refractivity (Wildman–Crippen MR) is 249 cm³/mol. The third-order valence-corrected chi connectivity index (χ3v) is 12.4. The Balaban J connectivity index is 0.986. The molecule has 0 amide bonds. The summed E-state index contributed by atoms with van der Waals surface area (Å²) >= 11 is 0. The van der Waals surface area contributed by atoms with Crippen molar-refractivity contribution in [2.24, 2.45) is 0 Å². The van der Waals surface area contributed by atoms with Crippen LogP contribution in [0.1, 0.15) is 30.5 Å². The first-order valence-electron chi connectivity index (χ1n) is 20.2. The van der Waals surface area contributed by atoms with Crippen LogP contribution in [0.5, 0.6) is 0 Å². The average molecular weight is 740 g/mol. The molecule has 0 saturated heterocycles. The number of allylic oxidation sites excluding steroid dienone is 1. The van der Waals surface area contributed by atoms with Crippen molar-refractivity contribution in [3.05, 3.63) is 223 Å². The molecule has 1 aliphatic rings. The largest absolute Gasteiger partial charge is 0.311 e. The fraction of sp³-hybridized carbons (Fsp3) is 0.0526. The summed E-state index contributed by atoms with van der Waals surface area (Å²) < 4.78 is 0. The first-order chi connectivity index (χ1) is 28.5. The lowest BCUT2D eigenvalue weighted by molar-refractivity contribution is 0.711. The Bertz CT molecular complexity index is 3100. The van der Waals surface area contributed by atoms with Gasteiger partial charge in [0, 0.05) is 22.5 Å². The van der Waals surface area contributed by atoms with Gasteiger partial charge in [0.25, 0.3) is 0 Å². The predicted octanol–water partition coefficient (Wildman–Crippen LogP) is 15.9. The Hall–Kier alpha value is -7.22. The molecule has 1 nitrogen and oxygen atoms in total. The van der Waals surface area contributed by atoms with Gasteiger partial charge in [-0.05, 0) is 142 Å². The van der Waals surface area contributed by atoms with E-state index < -0.39 is 0 Å². The van der Waals surface area contributed by atoms with Crippen molar-refractivity contribution in [3.8, 4) is 22.3 Å². The molecule has 0 aliphatic heterocycles. The van der Waals surface area contributed by atoms with Crippen molar-refractivity contribution in [2.45, 2.75) is 19.3 Å². The van der Waals surface area contributed by atoms with E-state index in [0.29, 0.717) is 0 Å². The molecule has 1 aliphatic carbocycles. The van der Waals surface area contributed by atoms with Crippen LogP contribution in [0.4, 0.5) is 17.1 Å².